The van der Waals surface area contributed by atoms with Crippen molar-refractivity contribution in [1.29, 1.82) is 0 Å². The highest BCUT2D eigenvalue weighted by Gasteiger charge is 2.17. The summed E-state index contributed by atoms with van der Waals surface area (Å²) in [4.78, 5) is 22.6. The predicted molar refractivity (Wildman–Crippen MR) is 68.0 cm³/mol. The zero-order valence-corrected chi connectivity index (χ0v) is 11.3. The normalized spacial score (nSPS) is 11.6. The fourth-order valence-corrected chi connectivity index (χ4v) is 0.943. The fourth-order valence-electron chi connectivity index (χ4n) is 0.943. The van der Waals surface area contributed by atoms with Gasteiger partial charge in [0.25, 0.3) is 0 Å². The van der Waals surface area contributed by atoms with Crippen molar-refractivity contribution in [2.45, 2.75) is 19.9 Å². The quantitative estimate of drug-likeness (QED) is 0.530. The lowest BCUT2D eigenvalue weighted by atomic mass is 10.1. The molecular formula is C10H22ClN3O3. The summed E-state index contributed by atoms with van der Waals surface area (Å²) < 4.78 is 4.77. The predicted octanol–water partition coefficient (Wildman–Crippen LogP) is -0.730. The molecule has 0 aliphatic heterocycles. The molecule has 102 valence electrons. The molecule has 0 aliphatic rings. The van der Waals surface area contributed by atoms with Crippen LogP contribution in [0.4, 0.5) is 0 Å². The van der Waals surface area contributed by atoms with Crippen molar-refractivity contribution in [3.05, 3.63) is 0 Å². The summed E-state index contributed by atoms with van der Waals surface area (Å²) in [6.45, 7) is 4.53. The number of carbonyl (C=O) groups excluding carboxylic acids is 2. The van der Waals surface area contributed by atoms with E-state index >= 15 is 0 Å². The molecule has 0 fully saturated rings. The summed E-state index contributed by atoms with van der Waals surface area (Å²) in [5, 5.41) is 5.06. The maximum Gasteiger partial charge on any atom is 0.239 e. The number of amides is 2. The smallest absolute Gasteiger partial charge is 0.239 e. The Hall–Kier alpha value is -0.850. The van der Waals surface area contributed by atoms with Gasteiger partial charge in [0, 0.05) is 13.7 Å². The molecule has 0 saturated carbocycles. The van der Waals surface area contributed by atoms with Crippen LogP contribution in [0, 0.1) is 5.92 Å². The van der Waals surface area contributed by atoms with E-state index in [-0.39, 0.29) is 36.7 Å². The zero-order chi connectivity index (χ0) is 12.6. The fraction of sp³-hybridized carbons (Fsp3) is 0.800. The molecular weight excluding hydrogens is 246 g/mol. The van der Waals surface area contributed by atoms with Crippen LogP contribution in [-0.4, -0.2) is 44.7 Å². The number of nitrogens with one attached hydrogen (secondary N) is 2. The van der Waals surface area contributed by atoms with Crippen LogP contribution >= 0.6 is 12.4 Å². The van der Waals surface area contributed by atoms with Crippen LogP contribution in [-0.2, 0) is 14.3 Å². The molecule has 0 rings (SSSR count). The molecule has 0 aromatic carbocycles. The van der Waals surface area contributed by atoms with E-state index in [9.17, 15) is 9.59 Å². The minimum Gasteiger partial charge on any atom is -0.383 e. The van der Waals surface area contributed by atoms with Gasteiger partial charge in [-0.15, -0.1) is 12.4 Å². The third-order valence-corrected chi connectivity index (χ3v) is 2.07. The molecule has 1 atom stereocenters. The number of methoxy groups -OCH3 is 1. The van der Waals surface area contributed by atoms with Crippen molar-refractivity contribution in [3.63, 3.8) is 0 Å². The topological polar surface area (TPSA) is 93.5 Å². The van der Waals surface area contributed by atoms with E-state index in [2.05, 4.69) is 10.6 Å². The number of ether oxygens (including phenoxy) is 1. The van der Waals surface area contributed by atoms with Crippen LogP contribution in [0.5, 0.6) is 0 Å². The first kappa shape index (κ1) is 18.5. The van der Waals surface area contributed by atoms with Crippen molar-refractivity contribution in [2.75, 3.05) is 26.8 Å². The van der Waals surface area contributed by atoms with Gasteiger partial charge in [-0.05, 0) is 5.92 Å². The van der Waals surface area contributed by atoms with E-state index in [1.165, 1.54) is 0 Å². The average Bonchev–Trinajstić information content (AvgIpc) is 2.25. The Labute approximate surface area is 108 Å². The van der Waals surface area contributed by atoms with Crippen LogP contribution in [0.3, 0.4) is 0 Å². The van der Waals surface area contributed by atoms with Gasteiger partial charge in [0.2, 0.25) is 11.8 Å². The van der Waals surface area contributed by atoms with Gasteiger partial charge in [-0.3, -0.25) is 9.59 Å². The third kappa shape index (κ3) is 8.91. The van der Waals surface area contributed by atoms with E-state index in [1.807, 2.05) is 13.8 Å². The molecule has 0 bridgehead atoms. The van der Waals surface area contributed by atoms with Crippen molar-refractivity contribution in [1.82, 2.24) is 10.6 Å². The summed E-state index contributed by atoms with van der Waals surface area (Å²) >= 11 is 0. The first-order chi connectivity index (χ1) is 7.49. The molecule has 0 aromatic heterocycles. The molecule has 7 heteroatoms. The maximum absolute atomic E-state index is 11.4. The van der Waals surface area contributed by atoms with Gasteiger partial charge in [0.1, 0.15) is 0 Å². The Morgan fingerprint density at radius 1 is 1.29 bits per heavy atom. The lowest BCUT2D eigenvalue weighted by Crippen LogP contribution is -2.47. The van der Waals surface area contributed by atoms with Crippen LogP contribution in [0.1, 0.15) is 13.8 Å². The number of rotatable bonds is 7. The van der Waals surface area contributed by atoms with Crippen molar-refractivity contribution < 1.29 is 14.3 Å². The van der Waals surface area contributed by atoms with E-state index in [0.717, 1.165) is 0 Å². The first-order valence-electron chi connectivity index (χ1n) is 5.28. The zero-order valence-electron chi connectivity index (χ0n) is 10.5. The summed E-state index contributed by atoms with van der Waals surface area (Å²) in [6.07, 6.45) is 0. The molecule has 0 radical (unpaired) electrons. The molecule has 0 spiro atoms. The van der Waals surface area contributed by atoms with Crippen LogP contribution in [0.2, 0.25) is 0 Å². The highest BCUT2D eigenvalue weighted by atomic mass is 35.5. The van der Waals surface area contributed by atoms with Crippen molar-refractivity contribution >= 4 is 24.2 Å². The van der Waals surface area contributed by atoms with E-state index in [4.69, 9.17) is 10.5 Å². The summed E-state index contributed by atoms with van der Waals surface area (Å²) in [6, 6.07) is -0.577. The van der Waals surface area contributed by atoms with Gasteiger partial charge < -0.3 is 21.1 Å². The molecule has 6 nitrogen and oxygen atoms in total. The van der Waals surface area contributed by atoms with Gasteiger partial charge in [-0.1, -0.05) is 13.8 Å². The Morgan fingerprint density at radius 2 is 1.88 bits per heavy atom. The molecule has 0 aliphatic carbocycles. The molecule has 0 saturated heterocycles. The van der Waals surface area contributed by atoms with E-state index in [1.54, 1.807) is 7.11 Å². The standard InChI is InChI=1S/C10H21N3O3.ClH/c1-7(2)9(11)10(15)13-6-8(14)12-4-5-16-3;/h7,9H,4-6,11H2,1-3H3,(H,12,14)(H,13,15);1H/t9-;/m0./s1. The monoisotopic (exact) mass is 267 g/mol. The second-order valence-corrected chi connectivity index (χ2v) is 3.83. The number of hydrogen-bond donors (Lipinski definition) is 3. The molecule has 0 heterocycles. The Balaban J connectivity index is 0. The Morgan fingerprint density at radius 3 is 2.35 bits per heavy atom. The average molecular weight is 268 g/mol. The van der Waals surface area contributed by atoms with Gasteiger partial charge in [0.05, 0.1) is 19.2 Å². The van der Waals surface area contributed by atoms with Crippen molar-refractivity contribution in [3.8, 4) is 0 Å². The lowest BCUT2D eigenvalue weighted by molar-refractivity contribution is -0.127. The number of carbonyl (C=O) groups is 2. The molecule has 17 heavy (non-hydrogen) atoms. The largest absolute Gasteiger partial charge is 0.383 e. The highest BCUT2D eigenvalue weighted by Crippen LogP contribution is 1.97. The minimum absolute atomic E-state index is 0. The van der Waals surface area contributed by atoms with Crippen LogP contribution < -0.4 is 16.4 Å². The highest BCUT2D eigenvalue weighted by molar-refractivity contribution is 5.87. The van der Waals surface area contributed by atoms with E-state index in [0.29, 0.717) is 13.2 Å². The third-order valence-electron chi connectivity index (χ3n) is 2.07. The molecule has 4 N–H and O–H groups in total. The Kier molecular flexibility index (Phi) is 11.2. The van der Waals surface area contributed by atoms with Crippen LogP contribution in [0.25, 0.3) is 0 Å². The number of hydrogen-bond acceptors (Lipinski definition) is 4. The second kappa shape index (κ2) is 10.3. The summed E-state index contributed by atoms with van der Waals surface area (Å²) in [5.74, 6) is -0.505. The summed E-state index contributed by atoms with van der Waals surface area (Å²) in [5.41, 5.74) is 5.60. The molecule has 0 aromatic rings. The van der Waals surface area contributed by atoms with Crippen LogP contribution in [0.15, 0.2) is 0 Å². The Bertz CT molecular complexity index is 237. The van der Waals surface area contributed by atoms with Gasteiger partial charge >= 0.3 is 0 Å². The first-order valence-corrected chi connectivity index (χ1v) is 5.28. The van der Waals surface area contributed by atoms with E-state index < -0.39 is 6.04 Å². The molecule has 0 unspecified atom stereocenters. The number of halogens is 1. The van der Waals surface area contributed by atoms with Gasteiger partial charge in [-0.2, -0.15) is 0 Å². The van der Waals surface area contributed by atoms with Gasteiger partial charge in [-0.25, -0.2) is 0 Å². The number of nitrogens with two attached hydrogens (primary N) is 1. The van der Waals surface area contributed by atoms with Crippen molar-refractivity contribution in [2.24, 2.45) is 11.7 Å². The van der Waals surface area contributed by atoms with Gasteiger partial charge in [0.15, 0.2) is 0 Å². The lowest BCUT2D eigenvalue weighted by Gasteiger charge is -2.15. The maximum atomic E-state index is 11.4. The summed E-state index contributed by atoms with van der Waals surface area (Å²) in [7, 11) is 1.55. The SMILES string of the molecule is COCCNC(=O)CNC(=O)[C@@H](N)C(C)C.Cl. The molecule has 2 amide bonds. The second-order valence-electron chi connectivity index (χ2n) is 3.83. The minimum atomic E-state index is -0.577.